The van der Waals surface area contributed by atoms with Crippen LogP contribution in [-0.2, 0) is 0 Å². The van der Waals surface area contributed by atoms with Gasteiger partial charge in [0.2, 0.25) is 0 Å². The quantitative estimate of drug-likeness (QED) is 0.325. The number of hydrogen-bond acceptors (Lipinski definition) is 4. The Balaban J connectivity index is 0.00000364. The molecular formula is C17H34F3IN6. The molecule has 0 aliphatic carbocycles. The number of rotatable bonds is 6. The summed E-state index contributed by atoms with van der Waals surface area (Å²) in [7, 11) is 2.15. The lowest BCUT2D eigenvalue weighted by Gasteiger charge is -2.21. The molecule has 0 saturated carbocycles. The zero-order valence-corrected chi connectivity index (χ0v) is 18.7. The third-order valence-corrected chi connectivity index (χ3v) is 4.86. The number of halogens is 4. The molecule has 0 spiro atoms. The van der Waals surface area contributed by atoms with Crippen LogP contribution in [0, 0.1) is 0 Å². The summed E-state index contributed by atoms with van der Waals surface area (Å²) in [6.07, 6.45) is -2.25. The van der Waals surface area contributed by atoms with Crippen molar-refractivity contribution in [2.45, 2.75) is 32.0 Å². The van der Waals surface area contributed by atoms with Crippen LogP contribution >= 0.6 is 24.0 Å². The number of likely N-dealkylation sites (N-methyl/N-ethyl adjacent to an activating group) is 1. The summed E-state index contributed by atoms with van der Waals surface area (Å²) in [4.78, 5) is 10.8. The third-order valence-electron chi connectivity index (χ3n) is 4.86. The molecule has 0 aromatic carbocycles. The van der Waals surface area contributed by atoms with Crippen molar-refractivity contribution in [2.24, 2.45) is 4.99 Å². The molecule has 2 saturated heterocycles. The summed E-state index contributed by atoms with van der Waals surface area (Å²) < 4.78 is 37.5. The first-order valence-electron chi connectivity index (χ1n) is 9.60. The molecule has 0 radical (unpaired) electrons. The lowest BCUT2D eigenvalue weighted by atomic mass is 10.3. The summed E-state index contributed by atoms with van der Waals surface area (Å²) in [5.74, 6) is 0.707. The van der Waals surface area contributed by atoms with Crippen LogP contribution in [0.1, 0.15) is 19.8 Å². The number of guanidine groups is 1. The second kappa shape index (κ2) is 12.3. The Bertz CT molecular complexity index is 449. The molecule has 2 rings (SSSR count). The van der Waals surface area contributed by atoms with Gasteiger partial charge in [-0.3, -0.25) is 9.89 Å². The first-order chi connectivity index (χ1) is 12.4. The summed E-state index contributed by atoms with van der Waals surface area (Å²) in [6, 6.07) is 0.0157. The van der Waals surface area contributed by atoms with Crippen LogP contribution in [0.3, 0.4) is 0 Å². The van der Waals surface area contributed by atoms with Crippen molar-refractivity contribution in [1.29, 1.82) is 0 Å². The highest BCUT2D eigenvalue weighted by atomic mass is 127. The van der Waals surface area contributed by atoms with Crippen LogP contribution in [0.15, 0.2) is 4.99 Å². The van der Waals surface area contributed by atoms with Crippen LogP contribution in [0.4, 0.5) is 13.2 Å². The van der Waals surface area contributed by atoms with Gasteiger partial charge in [0.05, 0.1) is 13.1 Å². The Morgan fingerprint density at radius 1 is 1.11 bits per heavy atom. The van der Waals surface area contributed by atoms with Gasteiger partial charge in [-0.1, -0.05) is 0 Å². The molecule has 2 aliphatic heterocycles. The van der Waals surface area contributed by atoms with Gasteiger partial charge in [0.1, 0.15) is 0 Å². The number of nitrogens with zero attached hydrogens (tertiary/aromatic N) is 4. The first-order valence-corrected chi connectivity index (χ1v) is 9.60. The van der Waals surface area contributed by atoms with Crippen molar-refractivity contribution in [3.05, 3.63) is 0 Å². The van der Waals surface area contributed by atoms with Gasteiger partial charge in [0.25, 0.3) is 0 Å². The number of hydrogen-bond donors (Lipinski definition) is 2. The highest BCUT2D eigenvalue weighted by Gasteiger charge is 2.34. The van der Waals surface area contributed by atoms with E-state index >= 15 is 0 Å². The largest absolute Gasteiger partial charge is 0.401 e. The smallest absolute Gasteiger partial charge is 0.357 e. The fourth-order valence-electron chi connectivity index (χ4n) is 3.49. The molecule has 10 heteroatoms. The molecule has 27 heavy (non-hydrogen) atoms. The van der Waals surface area contributed by atoms with E-state index in [0.717, 1.165) is 39.3 Å². The van der Waals surface area contributed by atoms with Crippen molar-refractivity contribution in [3.8, 4) is 0 Å². The van der Waals surface area contributed by atoms with E-state index in [1.54, 1.807) is 0 Å². The van der Waals surface area contributed by atoms with Crippen LogP contribution in [0.25, 0.3) is 0 Å². The van der Waals surface area contributed by atoms with Crippen molar-refractivity contribution >= 4 is 29.9 Å². The minimum atomic E-state index is -4.13. The molecule has 160 valence electrons. The monoisotopic (exact) mass is 506 g/mol. The lowest BCUT2D eigenvalue weighted by molar-refractivity contribution is -0.143. The average Bonchev–Trinajstić information content (AvgIpc) is 2.85. The van der Waals surface area contributed by atoms with Crippen molar-refractivity contribution < 1.29 is 13.2 Å². The average molecular weight is 506 g/mol. The van der Waals surface area contributed by atoms with Crippen LogP contribution in [0.2, 0.25) is 0 Å². The van der Waals surface area contributed by atoms with Crippen molar-refractivity contribution in [3.63, 3.8) is 0 Å². The number of aliphatic imine (C=N–C) groups is 1. The fraction of sp³-hybridized carbons (Fsp3) is 0.941. The molecule has 0 aromatic rings. The third kappa shape index (κ3) is 10.1. The van der Waals surface area contributed by atoms with Gasteiger partial charge in [-0.15, -0.1) is 24.0 Å². The lowest BCUT2D eigenvalue weighted by Crippen LogP contribution is -2.45. The SMILES string of the molecule is CCNC(=NCCN1CCCN(C)CC1)NC1CCN(CC(F)(F)F)C1.I. The van der Waals surface area contributed by atoms with Crippen LogP contribution in [0.5, 0.6) is 0 Å². The molecule has 2 N–H and O–H groups in total. The Morgan fingerprint density at radius 3 is 2.59 bits per heavy atom. The van der Waals surface area contributed by atoms with Crippen molar-refractivity contribution in [1.82, 2.24) is 25.3 Å². The Labute approximate surface area is 177 Å². The molecule has 0 bridgehead atoms. The van der Waals surface area contributed by atoms with Gasteiger partial charge >= 0.3 is 6.18 Å². The van der Waals surface area contributed by atoms with E-state index in [1.807, 2.05) is 6.92 Å². The predicted octanol–water partition coefficient (Wildman–Crippen LogP) is 1.43. The van der Waals surface area contributed by atoms with E-state index in [-0.39, 0.29) is 30.0 Å². The molecule has 6 nitrogen and oxygen atoms in total. The highest BCUT2D eigenvalue weighted by Crippen LogP contribution is 2.19. The maximum absolute atomic E-state index is 12.5. The molecule has 1 atom stereocenters. The topological polar surface area (TPSA) is 46.1 Å². The second-order valence-electron chi connectivity index (χ2n) is 7.24. The molecule has 0 amide bonds. The van der Waals surface area contributed by atoms with E-state index in [4.69, 9.17) is 0 Å². The van der Waals surface area contributed by atoms with Gasteiger partial charge in [0, 0.05) is 45.3 Å². The predicted molar refractivity (Wildman–Crippen MR) is 114 cm³/mol. The van der Waals surface area contributed by atoms with Crippen LogP contribution < -0.4 is 10.6 Å². The minimum Gasteiger partial charge on any atom is -0.357 e. The second-order valence-corrected chi connectivity index (χ2v) is 7.24. The Kier molecular flexibility index (Phi) is 11.2. The van der Waals surface area contributed by atoms with Crippen LogP contribution in [-0.4, -0.2) is 105 Å². The highest BCUT2D eigenvalue weighted by molar-refractivity contribution is 14.0. The maximum atomic E-state index is 12.5. The zero-order chi connectivity index (χ0) is 19.0. The summed E-state index contributed by atoms with van der Waals surface area (Å²) in [6.45, 7) is 8.75. The Morgan fingerprint density at radius 2 is 1.89 bits per heavy atom. The molecule has 2 heterocycles. The standard InChI is InChI=1S/C17H33F3N6.HI/c1-3-21-16(22-6-10-25-8-4-7-24(2)11-12-25)23-15-5-9-26(13-15)14-17(18,19)20;/h15H,3-14H2,1-2H3,(H2,21,22,23);1H. The number of nitrogens with one attached hydrogen (secondary N) is 2. The first kappa shape index (κ1) is 24.7. The minimum absolute atomic E-state index is 0. The van der Waals surface area contributed by atoms with E-state index in [2.05, 4.69) is 32.5 Å². The van der Waals surface area contributed by atoms with Crippen molar-refractivity contribution in [2.75, 3.05) is 72.5 Å². The van der Waals surface area contributed by atoms with E-state index in [0.29, 0.717) is 32.0 Å². The normalized spacial score (nSPS) is 23.7. The van der Waals surface area contributed by atoms with E-state index < -0.39 is 12.7 Å². The number of alkyl halides is 3. The Hall–Kier alpha value is -0.330. The molecule has 1 unspecified atom stereocenters. The van der Waals surface area contributed by atoms with Gasteiger partial charge in [-0.05, 0) is 39.9 Å². The maximum Gasteiger partial charge on any atom is 0.401 e. The van der Waals surface area contributed by atoms with Gasteiger partial charge in [-0.25, -0.2) is 0 Å². The van der Waals surface area contributed by atoms with Gasteiger partial charge < -0.3 is 20.4 Å². The molecular weight excluding hydrogens is 472 g/mol. The molecule has 0 aromatic heterocycles. The summed E-state index contributed by atoms with van der Waals surface area (Å²) >= 11 is 0. The summed E-state index contributed by atoms with van der Waals surface area (Å²) in [5.41, 5.74) is 0. The van der Waals surface area contributed by atoms with E-state index in [9.17, 15) is 13.2 Å². The zero-order valence-electron chi connectivity index (χ0n) is 16.4. The van der Waals surface area contributed by atoms with E-state index in [1.165, 1.54) is 11.3 Å². The molecule has 2 aliphatic rings. The molecule has 2 fully saturated rings. The number of likely N-dealkylation sites (tertiary alicyclic amines) is 1. The van der Waals surface area contributed by atoms with Gasteiger partial charge in [-0.2, -0.15) is 13.2 Å². The fourth-order valence-corrected chi connectivity index (χ4v) is 3.49. The van der Waals surface area contributed by atoms with Gasteiger partial charge in [0.15, 0.2) is 5.96 Å². The summed E-state index contributed by atoms with van der Waals surface area (Å²) in [5, 5.41) is 6.49.